The molecule has 0 spiro atoms. The highest BCUT2D eigenvalue weighted by atomic mass is 79.9. The smallest absolute Gasteiger partial charge is 0.323 e. The first kappa shape index (κ1) is 30.3. The van der Waals surface area contributed by atoms with Gasteiger partial charge in [-0.05, 0) is 60.7 Å². The fourth-order valence-electron chi connectivity index (χ4n) is 4.44. The van der Waals surface area contributed by atoms with Crippen molar-refractivity contribution >= 4 is 56.8 Å². The molecule has 1 fully saturated rings. The van der Waals surface area contributed by atoms with Crippen molar-refractivity contribution < 1.29 is 19.1 Å². The lowest BCUT2D eigenvalue weighted by atomic mass is 10.2. The number of urea groups is 1. The van der Waals surface area contributed by atoms with E-state index in [2.05, 4.69) is 52.3 Å². The van der Waals surface area contributed by atoms with Crippen LogP contribution in [0.25, 0.3) is 10.6 Å². The number of benzene rings is 3. The van der Waals surface area contributed by atoms with Crippen LogP contribution in [-0.2, 0) is 11.3 Å². The number of nitrogens with one attached hydrogen (secondary N) is 3. The average molecular weight is 667 g/mol. The van der Waals surface area contributed by atoms with Gasteiger partial charge in [0, 0.05) is 65.1 Å². The zero-order valence-corrected chi connectivity index (χ0v) is 25.4. The Labute approximate surface area is 260 Å². The van der Waals surface area contributed by atoms with Gasteiger partial charge in [-0.25, -0.2) is 19.6 Å². The topological polar surface area (TPSA) is 122 Å². The van der Waals surface area contributed by atoms with Crippen LogP contribution in [0.2, 0.25) is 0 Å². The first-order valence-corrected chi connectivity index (χ1v) is 15.1. The van der Waals surface area contributed by atoms with E-state index in [0.717, 1.165) is 53.5 Å². The average Bonchev–Trinajstić information content (AvgIpc) is 3.45. The zero-order valence-electron chi connectivity index (χ0n) is 23.0. The van der Waals surface area contributed by atoms with Crippen LogP contribution in [0.1, 0.15) is 11.3 Å². The summed E-state index contributed by atoms with van der Waals surface area (Å²) in [7, 11) is 0. The summed E-state index contributed by atoms with van der Waals surface area (Å²) in [6, 6.07) is 17.6. The Morgan fingerprint density at radius 1 is 1.00 bits per heavy atom. The maximum Gasteiger partial charge on any atom is 0.323 e. The molecule has 1 saturated heterocycles. The van der Waals surface area contributed by atoms with Crippen molar-refractivity contribution in [3.05, 3.63) is 93.7 Å². The van der Waals surface area contributed by atoms with Gasteiger partial charge in [-0.3, -0.25) is 14.6 Å². The second kappa shape index (κ2) is 14.3. The molecule has 10 nitrogen and oxygen atoms in total. The third-order valence-electron chi connectivity index (χ3n) is 6.62. The highest BCUT2D eigenvalue weighted by Gasteiger charge is 2.20. The molecule has 3 amide bonds. The molecule has 0 aliphatic carbocycles. The first-order chi connectivity index (χ1) is 20.8. The molecule has 1 aliphatic heterocycles. The minimum atomic E-state index is -0.457. The number of hydrogen-bond donors (Lipinski definition) is 4. The van der Waals surface area contributed by atoms with E-state index in [0.29, 0.717) is 16.9 Å². The second-order valence-electron chi connectivity index (χ2n) is 9.86. The third-order valence-corrected chi connectivity index (χ3v) is 8.06. The van der Waals surface area contributed by atoms with Crippen molar-refractivity contribution in [3.63, 3.8) is 0 Å². The summed E-state index contributed by atoms with van der Waals surface area (Å²) in [4.78, 5) is 33.7. The number of carbonyl (C=O) groups excluding carboxylic acids is 2. The van der Waals surface area contributed by atoms with Gasteiger partial charge in [0.15, 0.2) is 0 Å². The predicted octanol–water partition coefficient (Wildman–Crippen LogP) is 5.33. The monoisotopic (exact) mass is 665 g/mol. The van der Waals surface area contributed by atoms with E-state index in [9.17, 15) is 19.1 Å². The molecule has 0 radical (unpaired) electrons. The number of nitrogens with zero attached hydrogens (tertiary/aromatic N) is 4. The van der Waals surface area contributed by atoms with E-state index < -0.39 is 11.8 Å². The summed E-state index contributed by atoms with van der Waals surface area (Å²) < 4.78 is 14.1. The van der Waals surface area contributed by atoms with E-state index in [4.69, 9.17) is 4.98 Å². The maximum atomic E-state index is 13.3. The van der Waals surface area contributed by atoms with Gasteiger partial charge >= 0.3 is 6.03 Å². The summed E-state index contributed by atoms with van der Waals surface area (Å²) in [5.41, 5.74) is 5.93. The second-order valence-corrected chi connectivity index (χ2v) is 11.6. The molecule has 0 atom stereocenters. The van der Waals surface area contributed by atoms with Crippen LogP contribution in [0.3, 0.4) is 0 Å². The van der Waals surface area contributed by atoms with Crippen molar-refractivity contribution in [1.29, 1.82) is 0 Å². The Hall–Kier alpha value is -4.17. The summed E-state index contributed by atoms with van der Waals surface area (Å²) in [5, 5.41) is 22.1. The molecule has 13 heteroatoms. The summed E-state index contributed by atoms with van der Waals surface area (Å²) in [6.07, 6.45) is 1.42. The van der Waals surface area contributed by atoms with E-state index >= 15 is 0 Å². The number of thiazole rings is 1. The van der Waals surface area contributed by atoms with Crippen LogP contribution in [0, 0.1) is 5.82 Å². The Kier molecular flexibility index (Phi) is 10.1. The van der Waals surface area contributed by atoms with Crippen LogP contribution in [0.4, 0.5) is 20.6 Å². The van der Waals surface area contributed by atoms with Gasteiger partial charge in [-0.1, -0.05) is 22.0 Å². The molecule has 0 bridgehead atoms. The molecule has 5 rings (SSSR count). The van der Waals surface area contributed by atoms with Crippen molar-refractivity contribution in [2.75, 3.05) is 43.4 Å². The van der Waals surface area contributed by atoms with Crippen LogP contribution in [-0.4, -0.2) is 70.8 Å². The lowest BCUT2D eigenvalue weighted by Crippen LogP contribution is -2.48. The number of carbonyl (C=O) groups is 2. The SMILES string of the molecule is O=C(CN1CCN(Cc2csc(-c3ccc(NC(=O)Nc4cccc(F)c4)cc3)n2)CC1)N/N=C/c1cc(Br)ccc1O. The van der Waals surface area contributed by atoms with Gasteiger partial charge in [-0.15, -0.1) is 11.3 Å². The molecule has 43 heavy (non-hydrogen) atoms. The molecule has 1 aliphatic rings. The van der Waals surface area contributed by atoms with Gasteiger partial charge in [0.25, 0.3) is 5.91 Å². The van der Waals surface area contributed by atoms with Crippen LogP contribution in [0.15, 0.2) is 81.7 Å². The number of rotatable bonds is 9. The lowest BCUT2D eigenvalue weighted by Gasteiger charge is -2.33. The standard InChI is InChI=1S/C30H29BrFN7O3S/c31-22-6-9-27(40)21(14-22)16-33-37-28(41)18-39-12-10-38(11-13-39)17-26-19-43-29(34-26)20-4-7-24(8-5-20)35-30(42)36-25-3-1-2-23(32)15-25/h1-9,14-16,19,40H,10-13,17-18H2,(H,37,41)(H2,35,36,42)/b33-16+. The molecule has 3 aromatic carbocycles. The minimum absolute atomic E-state index is 0.0841. The number of phenols is 1. The molecule has 1 aromatic heterocycles. The molecule has 4 aromatic rings. The highest BCUT2D eigenvalue weighted by Crippen LogP contribution is 2.26. The van der Waals surface area contributed by atoms with Crippen molar-refractivity contribution in [1.82, 2.24) is 20.2 Å². The Balaban J connectivity index is 1.04. The number of hydrazone groups is 1. The number of halogens is 2. The van der Waals surface area contributed by atoms with Gasteiger partial charge in [0.1, 0.15) is 16.6 Å². The quantitative estimate of drug-likeness (QED) is 0.142. The molecular weight excluding hydrogens is 637 g/mol. The Morgan fingerprint density at radius 2 is 1.74 bits per heavy atom. The summed E-state index contributed by atoms with van der Waals surface area (Å²) >= 11 is 4.91. The number of amides is 3. The first-order valence-electron chi connectivity index (χ1n) is 13.4. The molecule has 0 unspecified atom stereocenters. The van der Waals surface area contributed by atoms with E-state index in [1.54, 1.807) is 47.7 Å². The maximum absolute atomic E-state index is 13.3. The molecule has 222 valence electrons. The van der Waals surface area contributed by atoms with Crippen molar-refractivity contribution in [3.8, 4) is 16.3 Å². The lowest BCUT2D eigenvalue weighted by molar-refractivity contribution is -0.122. The number of piperazine rings is 1. The molecular formula is C30H29BrFN7O3S. The molecule has 2 heterocycles. The molecule has 0 saturated carbocycles. The normalized spacial score (nSPS) is 14.1. The van der Waals surface area contributed by atoms with Crippen LogP contribution >= 0.6 is 27.3 Å². The van der Waals surface area contributed by atoms with Crippen molar-refractivity contribution in [2.24, 2.45) is 5.10 Å². The largest absolute Gasteiger partial charge is 0.507 e. The number of aromatic hydroxyl groups is 1. The summed E-state index contributed by atoms with van der Waals surface area (Å²) in [5.74, 6) is -0.548. The fourth-order valence-corrected chi connectivity index (χ4v) is 5.64. The van der Waals surface area contributed by atoms with Gasteiger partial charge in [0.2, 0.25) is 0 Å². The highest BCUT2D eigenvalue weighted by molar-refractivity contribution is 9.10. The van der Waals surface area contributed by atoms with Crippen LogP contribution in [0.5, 0.6) is 5.75 Å². The van der Waals surface area contributed by atoms with Gasteiger partial charge < -0.3 is 15.7 Å². The van der Waals surface area contributed by atoms with Crippen LogP contribution < -0.4 is 16.1 Å². The number of anilines is 2. The number of aromatic nitrogens is 1. The van der Waals surface area contributed by atoms with Crippen molar-refractivity contribution in [2.45, 2.75) is 6.54 Å². The Bertz CT molecular complexity index is 1610. The molecule has 4 N–H and O–H groups in total. The van der Waals surface area contributed by atoms with E-state index in [-0.39, 0.29) is 18.2 Å². The van der Waals surface area contributed by atoms with E-state index in [1.165, 1.54) is 24.4 Å². The number of hydrogen-bond acceptors (Lipinski definition) is 8. The predicted molar refractivity (Wildman–Crippen MR) is 170 cm³/mol. The fraction of sp³-hybridized carbons (Fsp3) is 0.200. The minimum Gasteiger partial charge on any atom is -0.507 e. The number of phenolic OH excluding ortho intramolecular Hbond substituents is 1. The van der Waals surface area contributed by atoms with Gasteiger partial charge in [-0.2, -0.15) is 5.10 Å². The van der Waals surface area contributed by atoms with E-state index in [1.807, 2.05) is 12.1 Å². The Morgan fingerprint density at radius 3 is 2.51 bits per heavy atom. The summed E-state index contributed by atoms with van der Waals surface area (Å²) in [6.45, 7) is 4.09. The van der Waals surface area contributed by atoms with Gasteiger partial charge in [0.05, 0.1) is 18.5 Å². The third kappa shape index (κ3) is 8.91. The zero-order chi connectivity index (χ0) is 30.2.